The third-order valence-corrected chi connectivity index (χ3v) is 4.00. The van der Waals surface area contributed by atoms with Crippen molar-refractivity contribution in [3.05, 3.63) is 24.0 Å². The van der Waals surface area contributed by atoms with Crippen LogP contribution in [0.5, 0.6) is 0 Å². The maximum Gasteiger partial charge on any atom is 0.393 e. The second-order valence-electron chi connectivity index (χ2n) is 5.21. The van der Waals surface area contributed by atoms with E-state index >= 15 is 0 Å². The zero-order valence-electron chi connectivity index (χ0n) is 11.2. The van der Waals surface area contributed by atoms with Gasteiger partial charge < -0.3 is 9.88 Å². The Labute approximate surface area is 112 Å². The summed E-state index contributed by atoms with van der Waals surface area (Å²) in [4.78, 5) is 0. The lowest BCUT2D eigenvalue weighted by atomic mass is 9.84. The highest BCUT2D eigenvalue weighted by Gasteiger charge is 2.45. The Bertz CT molecular complexity index is 398. The molecule has 0 radical (unpaired) electrons. The van der Waals surface area contributed by atoms with E-state index in [1.54, 1.807) is 0 Å². The molecule has 1 aliphatic carbocycles. The number of halogens is 3. The van der Waals surface area contributed by atoms with Gasteiger partial charge in [0.1, 0.15) is 0 Å². The molecule has 5 heteroatoms. The first kappa shape index (κ1) is 14.4. The molecule has 1 fully saturated rings. The Balaban J connectivity index is 1.97. The lowest BCUT2D eigenvalue weighted by molar-refractivity contribution is -0.189. The summed E-state index contributed by atoms with van der Waals surface area (Å²) >= 11 is 0. The standard InChI is InChI=1S/C14H21F3N2/c1-2-19-9-5-6-11(19)10-18-13-8-4-3-7-12(13)14(15,16)17/h5-6,9,12-13,18H,2-4,7-8,10H2,1H3. The predicted octanol–water partition coefficient (Wildman–Crippen LogP) is 3.72. The molecule has 2 atom stereocenters. The number of hydrogen-bond donors (Lipinski definition) is 1. The van der Waals surface area contributed by atoms with E-state index in [0.29, 0.717) is 19.4 Å². The van der Waals surface area contributed by atoms with Crippen LogP contribution in [0.4, 0.5) is 13.2 Å². The van der Waals surface area contributed by atoms with Gasteiger partial charge in [0.15, 0.2) is 0 Å². The number of nitrogens with one attached hydrogen (secondary N) is 1. The SMILES string of the molecule is CCn1cccc1CNC1CCCCC1C(F)(F)F. The fourth-order valence-corrected chi connectivity index (χ4v) is 2.92. The number of aryl methyl sites for hydroxylation is 1. The van der Waals surface area contributed by atoms with Gasteiger partial charge in [-0.05, 0) is 31.9 Å². The lowest BCUT2D eigenvalue weighted by Gasteiger charge is -2.33. The van der Waals surface area contributed by atoms with Crippen molar-refractivity contribution in [3.63, 3.8) is 0 Å². The summed E-state index contributed by atoms with van der Waals surface area (Å²) in [6, 6.07) is 3.46. The molecule has 0 aliphatic heterocycles. The van der Waals surface area contributed by atoms with E-state index in [1.807, 2.05) is 25.3 Å². The Morgan fingerprint density at radius 1 is 1.32 bits per heavy atom. The summed E-state index contributed by atoms with van der Waals surface area (Å²) in [6.07, 6.45) is 0.337. The normalized spacial score (nSPS) is 24.6. The molecule has 0 aromatic carbocycles. The van der Waals surface area contributed by atoms with Crippen molar-refractivity contribution in [3.8, 4) is 0 Å². The maximum atomic E-state index is 13.0. The van der Waals surface area contributed by atoms with Crippen molar-refractivity contribution in [2.75, 3.05) is 0 Å². The molecule has 19 heavy (non-hydrogen) atoms. The molecule has 1 saturated carbocycles. The largest absolute Gasteiger partial charge is 0.393 e. The Morgan fingerprint density at radius 2 is 2.05 bits per heavy atom. The summed E-state index contributed by atoms with van der Waals surface area (Å²) in [7, 11) is 0. The Hall–Kier alpha value is -0.970. The minimum Gasteiger partial charge on any atom is -0.351 e. The molecule has 108 valence electrons. The van der Waals surface area contributed by atoms with Crippen LogP contribution in [0, 0.1) is 5.92 Å². The molecule has 0 bridgehead atoms. The first-order chi connectivity index (χ1) is 9.02. The lowest BCUT2D eigenvalue weighted by Crippen LogP contribution is -2.45. The number of nitrogens with zero attached hydrogens (tertiary/aromatic N) is 1. The fourth-order valence-electron chi connectivity index (χ4n) is 2.92. The Morgan fingerprint density at radius 3 is 2.74 bits per heavy atom. The van der Waals surface area contributed by atoms with E-state index in [0.717, 1.165) is 18.7 Å². The zero-order chi connectivity index (χ0) is 13.9. The van der Waals surface area contributed by atoms with E-state index in [2.05, 4.69) is 9.88 Å². The quantitative estimate of drug-likeness (QED) is 0.885. The van der Waals surface area contributed by atoms with Crippen LogP contribution in [0.3, 0.4) is 0 Å². The molecule has 1 N–H and O–H groups in total. The van der Waals surface area contributed by atoms with Crippen molar-refractivity contribution in [1.82, 2.24) is 9.88 Å². The number of alkyl halides is 3. The van der Waals surface area contributed by atoms with Crippen LogP contribution in [0.2, 0.25) is 0 Å². The highest BCUT2D eigenvalue weighted by molar-refractivity contribution is 5.07. The Kier molecular flexibility index (Phi) is 4.55. The summed E-state index contributed by atoms with van der Waals surface area (Å²) in [5, 5.41) is 3.11. The molecular formula is C14H21F3N2. The van der Waals surface area contributed by atoms with Gasteiger partial charge in [-0.25, -0.2) is 0 Å². The van der Waals surface area contributed by atoms with Crippen molar-refractivity contribution >= 4 is 0 Å². The molecule has 0 saturated heterocycles. The van der Waals surface area contributed by atoms with Crippen LogP contribution in [0.1, 0.15) is 38.3 Å². The van der Waals surface area contributed by atoms with Crippen LogP contribution in [0.15, 0.2) is 18.3 Å². The summed E-state index contributed by atoms with van der Waals surface area (Å²) < 4.78 is 40.9. The average Bonchev–Trinajstić information content (AvgIpc) is 2.83. The second kappa shape index (κ2) is 5.99. The van der Waals surface area contributed by atoms with E-state index in [4.69, 9.17) is 0 Å². The summed E-state index contributed by atoms with van der Waals surface area (Å²) in [5.41, 5.74) is 1.05. The average molecular weight is 274 g/mol. The molecule has 1 heterocycles. The van der Waals surface area contributed by atoms with Crippen molar-refractivity contribution in [2.24, 2.45) is 5.92 Å². The van der Waals surface area contributed by atoms with E-state index in [9.17, 15) is 13.2 Å². The molecule has 1 aromatic heterocycles. The molecule has 1 aromatic rings. The number of aromatic nitrogens is 1. The zero-order valence-corrected chi connectivity index (χ0v) is 11.2. The second-order valence-corrected chi connectivity index (χ2v) is 5.21. The van der Waals surface area contributed by atoms with Crippen molar-refractivity contribution in [1.29, 1.82) is 0 Å². The van der Waals surface area contributed by atoms with Gasteiger partial charge in [-0.15, -0.1) is 0 Å². The van der Waals surface area contributed by atoms with Crippen LogP contribution >= 0.6 is 0 Å². The first-order valence-electron chi connectivity index (χ1n) is 6.96. The van der Waals surface area contributed by atoms with E-state index in [-0.39, 0.29) is 6.42 Å². The smallest absolute Gasteiger partial charge is 0.351 e. The van der Waals surface area contributed by atoms with Gasteiger partial charge in [0.2, 0.25) is 0 Å². The van der Waals surface area contributed by atoms with E-state index in [1.165, 1.54) is 0 Å². The minimum atomic E-state index is -4.08. The highest BCUT2D eigenvalue weighted by Crippen LogP contribution is 2.37. The number of hydrogen-bond acceptors (Lipinski definition) is 1. The predicted molar refractivity (Wildman–Crippen MR) is 68.7 cm³/mol. The van der Waals surface area contributed by atoms with Gasteiger partial charge in [0.05, 0.1) is 5.92 Å². The molecule has 2 rings (SSSR count). The van der Waals surface area contributed by atoms with Gasteiger partial charge in [0, 0.05) is 31.0 Å². The molecule has 0 amide bonds. The third-order valence-electron chi connectivity index (χ3n) is 4.00. The van der Waals surface area contributed by atoms with Gasteiger partial charge in [-0.2, -0.15) is 13.2 Å². The molecule has 2 unspecified atom stereocenters. The first-order valence-corrected chi connectivity index (χ1v) is 6.96. The van der Waals surface area contributed by atoms with Crippen LogP contribution in [0.25, 0.3) is 0 Å². The minimum absolute atomic E-state index is 0.260. The van der Waals surface area contributed by atoms with Crippen LogP contribution in [-0.4, -0.2) is 16.8 Å². The van der Waals surface area contributed by atoms with Crippen molar-refractivity contribution < 1.29 is 13.2 Å². The maximum absolute atomic E-state index is 13.0. The van der Waals surface area contributed by atoms with Gasteiger partial charge in [-0.3, -0.25) is 0 Å². The number of rotatable bonds is 4. The van der Waals surface area contributed by atoms with Gasteiger partial charge in [-0.1, -0.05) is 12.8 Å². The molecule has 1 aliphatic rings. The molecule has 2 nitrogen and oxygen atoms in total. The van der Waals surface area contributed by atoms with Gasteiger partial charge in [0.25, 0.3) is 0 Å². The van der Waals surface area contributed by atoms with E-state index < -0.39 is 18.1 Å². The highest BCUT2D eigenvalue weighted by atomic mass is 19.4. The third kappa shape index (κ3) is 3.53. The van der Waals surface area contributed by atoms with Crippen LogP contribution < -0.4 is 5.32 Å². The molecule has 0 spiro atoms. The summed E-state index contributed by atoms with van der Waals surface area (Å²) in [5.74, 6) is -1.19. The topological polar surface area (TPSA) is 17.0 Å². The monoisotopic (exact) mass is 274 g/mol. The van der Waals surface area contributed by atoms with Gasteiger partial charge >= 0.3 is 6.18 Å². The molecular weight excluding hydrogens is 253 g/mol. The fraction of sp³-hybridized carbons (Fsp3) is 0.714. The summed E-state index contributed by atoms with van der Waals surface area (Å²) in [6.45, 7) is 3.39. The van der Waals surface area contributed by atoms with Crippen LogP contribution in [-0.2, 0) is 13.1 Å². The van der Waals surface area contributed by atoms with Crippen molar-refractivity contribution in [2.45, 2.75) is 57.9 Å².